The smallest absolute Gasteiger partial charge is 0.306 e. The van der Waals surface area contributed by atoms with Crippen LogP contribution >= 0.6 is 0 Å². The Labute approximate surface area is 427 Å². The standard InChI is InChI=1S/C63H110O6/c1-4-7-10-13-16-19-22-25-28-29-30-31-32-33-36-38-41-44-47-50-53-56-62(65)68-59-60(69-63(66)57-54-51-48-45-42-39-35-27-24-21-18-15-12-9-6-3)58-67-61(64)55-52-49-46-43-40-37-34-26-23-20-17-14-11-8-5-2/h9,12,18,21-22,25,27,29-30,35,42,45,60H,4-8,10-11,13-17,19-20,23-24,26,28,31-34,36-41,43-44,46-59H2,1-3H3/b12-9-,21-18-,25-22-,30-29-,35-27-,45-42-. The molecular weight excluding hydrogens is 853 g/mol. The Morgan fingerprint density at radius 1 is 0.304 bits per heavy atom. The molecule has 0 fully saturated rings. The summed E-state index contributed by atoms with van der Waals surface area (Å²) in [6.07, 6.45) is 73.2. The van der Waals surface area contributed by atoms with Crippen molar-refractivity contribution in [3.05, 3.63) is 72.9 Å². The molecule has 69 heavy (non-hydrogen) atoms. The van der Waals surface area contributed by atoms with Gasteiger partial charge in [0.05, 0.1) is 0 Å². The number of allylic oxidation sites excluding steroid dienone is 12. The zero-order valence-corrected chi connectivity index (χ0v) is 45.6. The lowest BCUT2D eigenvalue weighted by Gasteiger charge is -2.18. The largest absolute Gasteiger partial charge is 0.462 e. The molecular formula is C63H110O6. The topological polar surface area (TPSA) is 78.9 Å². The van der Waals surface area contributed by atoms with Crippen LogP contribution in [0.2, 0.25) is 0 Å². The Morgan fingerprint density at radius 3 is 0.913 bits per heavy atom. The van der Waals surface area contributed by atoms with E-state index in [1.54, 1.807) is 0 Å². The van der Waals surface area contributed by atoms with E-state index in [1.165, 1.54) is 161 Å². The second kappa shape index (κ2) is 57.4. The molecule has 1 unspecified atom stereocenters. The van der Waals surface area contributed by atoms with Gasteiger partial charge in [-0.05, 0) is 89.9 Å². The van der Waals surface area contributed by atoms with Crippen molar-refractivity contribution in [3.8, 4) is 0 Å². The molecule has 0 rings (SSSR count). The van der Waals surface area contributed by atoms with Gasteiger partial charge in [-0.25, -0.2) is 0 Å². The summed E-state index contributed by atoms with van der Waals surface area (Å²) >= 11 is 0. The first-order chi connectivity index (χ1) is 34.0. The Kier molecular flexibility index (Phi) is 54.8. The fraction of sp³-hybridized carbons (Fsp3) is 0.762. The van der Waals surface area contributed by atoms with Crippen LogP contribution < -0.4 is 0 Å². The van der Waals surface area contributed by atoms with E-state index >= 15 is 0 Å². The second-order valence-electron chi connectivity index (χ2n) is 19.5. The number of rotatable bonds is 53. The van der Waals surface area contributed by atoms with Gasteiger partial charge in [-0.3, -0.25) is 14.4 Å². The molecule has 0 aromatic heterocycles. The third-order valence-electron chi connectivity index (χ3n) is 12.7. The van der Waals surface area contributed by atoms with Gasteiger partial charge in [0.1, 0.15) is 13.2 Å². The molecule has 0 saturated heterocycles. The van der Waals surface area contributed by atoms with Crippen LogP contribution in [0, 0.1) is 0 Å². The monoisotopic (exact) mass is 963 g/mol. The maximum atomic E-state index is 12.8. The first-order valence-corrected chi connectivity index (χ1v) is 29.4. The van der Waals surface area contributed by atoms with E-state index in [2.05, 4.69) is 93.7 Å². The molecule has 6 heteroatoms. The minimum atomic E-state index is -0.798. The van der Waals surface area contributed by atoms with Crippen LogP contribution in [0.4, 0.5) is 0 Å². The number of hydrogen-bond donors (Lipinski definition) is 0. The summed E-state index contributed by atoms with van der Waals surface area (Å²) in [6, 6.07) is 0. The van der Waals surface area contributed by atoms with E-state index < -0.39 is 6.10 Å². The highest BCUT2D eigenvalue weighted by Crippen LogP contribution is 2.16. The Morgan fingerprint density at radius 2 is 0.565 bits per heavy atom. The molecule has 398 valence electrons. The molecule has 0 aliphatic rings. The normalized spacial score (nSPS) is 12.6. The molecule has 0 spiro atoms. The van der Waals surface area contributed by atoms with Crippen molar-refractivity contribution >= 4 is 17.9 Å². The molecule has 0 bridgehead atoms. The van der Waals surface area contributed by atoms with Gasteiger partial charge in [0, 0.05) is 19.3 Å². The van der Waals surface area contributed by atoms with Gasteiger partial charge < -0.3 is 14.2 Å². The molecule has 0 aromatic carbocycles. The summed E-state index contributed by atoms with van der Waals surface area (Å²) in [5.74, 6) is -0.927. The van der Waals surface area contributed by atoms with Crippen LogP contribution in [-0.4, -0.2) is 37.2 Å². The number of unbranched alkanes of at least 4 members (excludes halogenated alkanes) is 30. The fourth-order valence-electron chi connectivity index (χ4n) is 8.29. The van der Waals surface area contributed by atoms with E-state index in [9.17, 15) is 14.4 Å². The van der Waals surface area contributed by atoms with Gasteiger partial charge >= 0.3 is 17.9 Å². The Hall–Kier alpha value is -3.15. The predicted molar refractivity (Wildman–Crippen MR) is 298 cm³/mol. The van der Waals surface area contributed by atoms with Crippen molar-refractivity contribution in [3.63, 3.8) is 0 Å². The average molecular weight is 964 g/mol. The van der Waals surface area contributed by atoms with Crippen molar-refractivity contribution in [2.75, 3.05) is 13.2 Å². The lowest BCUT2D eigenvalue weighted by Crippen LogP contribution is -2.30. The molecule has 6 nitrogen and oxygen atoms in total. The SMILES string of the molecule is CC/C=C\C/C=C\C/C=C\C/C=C\CCCCC(=O)OC(COC(=O)CCCCCCCCCCC/C=C\C/C=C\CCCCCCC)COC(=O)CCCCCCCCCCCCCCCCC. The molecule has 1 atom stereocenters. The first kappa shape index (κ1) is 65.8. The number of carbonyl (C=O) groups is 3. The zero-order valence-electron chi connectivity index (χ0n) is 45.6. The molecule has 0 radical (unpaired) electrons. The maximum Gasteiger partial charge on any atom is 0.306 e. The Bertz CT molecular complexity index is 1290. The van der Waals surface area contributed by atoms with Crippen LogP contribution in [-0.2, 0) is 28.6 Å². The highest BCUT2D eigenvalue weighted by molar-refractivity contribution is 5.71. The highest BCUT2D eigenvalue weighted by Gasteiger charge is 2.19. The first-order valence-electron chi connectivity index (χ1n) is 29.4. The van der Waals surface area contributed by atoms with E-state index in [0.717, 1.165) is 83.5 Å². The van der Waals surface area contributed by atoms with Crippen LogP contribution in [0.15, 0.2) is 72.9 Å². The van der Waals surface area contributed by atoms with E-state index in [1.807, 2.05) is 0 Å². The molecule has 0 saturated carbocycles. The molecule has 0 aromatic rings. The van der Waals surface area contributed by atoms with Crippen LogP contribution in [0.25, 0.3) is 0 Å². The maximum absolute atomic E-state index is 12.8. The van der Waals surface area contributed by atoms with Crippen LogP contribution in [0.5, 0.6) is 0 Å². The molecule has 0 N–H and O–H groups in total. The summed E-state index contributed by atoms with van der Waals surface area (Å²) in [5.41, 5.74) is 0. The summed E-state index contributed by atoms with van der Waals surface area (Å²) in [4.78, 5) is 38.2. The van der Waals surface area contributed by atoms with Crippen LogP contribution in [0.3, 0.4) is 0 Å². The van der Waals surface area contributed by atoms with Gasteiger partial charge in [0.15, 0.2) is 6.10 Å². The minimum absolute atomic E-state index is 0.0911. The number of carbonyl (C=O) groups excluding carboxylic acids is 3. The van der Waals surface area contributed by atoms with Crippen molar-refractivity contribution in [1.82, 2.24) is 0 Å². The molecule has 0 aliphatic heterocycles. The highest BCUT2D eigenvalue weighted by atomic mass is 16.6. The number of esters is 3. The van der Waals surface area contributed by atoms with Gasteiger partial charge in [0.2, 0.25) is 0 Å². The van der Waals surface area contributed by atoms with Crippen LogP contribution in [0.1, 0.15) is 290 Å². The van der Waals surface area contributed by atoms with Gasteiger partial charge in [0.25, 0.3) is 0 Å². The fourth-order valence-corrected chi connectivity index (χ4v) is 8.29. The average Bonchev–Trinajstić information content (AvgIpc) is 3.35. The van der Waals surface area contributed by atoms with E-state index in [-0.39, 0.29) is 37.5 Å². The number of hydrogen-bond acceptors (Lipinski definition) is 6. The Balaban J connectivity index is 4.39. The van der Waals surface area contributed by atoms with Crippen molar-refractivity contribution in [2.24, 2.45) is 0 Å². The summed E-state index contributed by atoms with van der Waals surface area (Å²) < 4.78 is 16.8. The predicted octanol–water partition coefficient (Wildman–Crippen LogP) is 19.8. The summed E-state index contributed by atoms with van der Waals surface area (Å²) in [6.45, 7) is 6.50. The third kappa shape index (κ3) is 55.6. The quantitative estimate of drug-likeness (QED) is 0.0262. The second-order valence-corrected chi connectivity index (χ2v) is 19.5. The van der Waals surface area contributed by atoms with E-state index in [4.69, 9.17) is 14.2 Å². The third-order valence-corrected chi connectivity index (χ3v) is 12.7. The van der Waals surface area contributed by atoms with Gasteiger partial charge in [-0.2, -0.15) is 0 Å². The number of ether oxygens (including phenoxy) is 3. The summed E-state index contributed by atoms with van der Waals surface area (Å²) in [5, 5.41) is 0. The lowest BCUT2D eigenvalue weighted by molar-refractivity contribution is -0.167. The molecule has 0 heterocycles. The van der Waals surface area contributed by atoms with Gasteiger partial charge in [-0.15, -0.1) is 0 Å². The molecule has 0 aliphatic carbocycles. The van der Waals surface area contributed by atoms with Gasteiger partial charge in [-0.1, -0.05) is 254 Å². The summed E-state index contributed by atoms with van der Waals surface area (Å²) in [7, 11) is 0. The molecule has 0 amide bonds. The van der Waals surface area contributed by atoms with E-state index in [0.29, 0.717) is 19.3 Å². The lowest BCUT2D eigenvalue weighted by atomic mass is 10.0. The zero-order chi connectivity index (χ0) is 50.0. The van der Waals surface area contributed by atoms with Crippen molar-refractivity contribution < 1.29 is 28.6 Å². The minimum Gasteiger partial charge on any atom is -0.462 e. The van der Waals surface area contributed by atoms with Crippen molar-refractivity contribution in [2.45, 2.75) is 297 Å². The van der Waals surface area contributed by atoms with Crippen molar-refractivity contribution in [1.29, 1.82) is 0 Å².